The highest BCUT2D eigenvalue weighted by atomic mass is 32.1. The van der Waals surface area contributed by atoms with Crippen LogP contribution < -0.4 is 5.32 Å². The Kier molecular flexibility index (Phi) is 3.99. The highest BCUT2D eigenvalue weighted by molar-refractivity contribution is 7.10. The van der Waals surface area contributed by atoms with Crippen LogP contribution in [0.25, 0.3) is 6.08 Å². The minimum atomic E-state index is -0.0895. The summed E-state index contributed by atoms with van der Waals surface area (Å²) in [5.41, 5.74) is 0. The lowest BCUT2D eigenvalue weighted by Gasteiger charge is -1.93. The van der Waals surface area contributed by atoms with Crippen LogP contribution in [0.3, 0.4) is 0 Å². The summed E-state index contributed by atoms with van der Waals surface area (Å²) in [6.45, 7) is 4.01. The highest BCUT2D eigenvalue weighted by Crippen LogP contribution is 2.09. The molecule has 1 amide bonds. The molecule has 2 nitrogen and oxygen atoms in total. The van der Waals surface area contributed by atoms with Crippen molar-refractivity contribution in [3.8, 4) is 0 Å². The first kappa shape index (κ1) is 9.74. The Hall–Kier alpha value is -1.35. The summed E-state index contributed by atoms with van der Waals surface area (Å²) in [5.74, 6) is -0.0895. The van der Waals surface area contributed by atoms with E-state index in [-0.39, 0.29) is 5.91 Å². The average molecular weight is 193 g/mol. The largest absolute Gasteiger partial charge is 0.349 e. The van der Waals surface area contributed by atoms with Crippen LogP contribution in [0.5, 0.6) is 0 Å². The van der Waals surface area contributed by atoms with Crippen molar-refractivity contribution in [1.29, 1.82) is 0 Å². The topological polar surface area (TPSA) is 29.1 Å². The Bertz CT molecular complexity index is 301. The van der Waals surface area contributed by atoms with E-state index in [9.17, 15) is 4.79 Å². The Labute approximate surface area is 81.6 Å². The predicted octanol–water partition coefficient (Wildman–Crippen LogP) is 2.06. The van der Waals surface area contributed by atoms with Crippen LogP contribution in [0.4, 0.5) is 0 Å². The number of rotatable bonds is 4. The molecule has 0 saturated heterocycles. The van der Waals surface area contributed by atoms with E-state index < -0.39 is 0 Å². The van der Waals surface area contributed by atoms with Gasteiger partial charge in [0.25, 0.3) is 0 Å². The number of carbonyl (C=O) groups is 1. The molecule has 1 rings (SSSR count). The van der Waals surface area contributed by atoms with Gasteiger partial charge in [0.1, 0.15) is 0 Å². The van der Waals surface area contributed by atoms with Gasteiger partial charge in [0.05, 0.1) is 0 Å². The molecule has 68 valence electrons. The first-order valence-electron chi connectivity index (χ1n) is 3.93. The number of hydrogen-bond acceptors (Lipinski definition) is 2. The molecule has 0 aliphatic carbocycles. The SMILES string of the molecule is C=CCNC(=O)/C=C/c1cccs1. The number of thiophene rings is 1. The molecule has 13 heavy (non-hydrogen) atoms. The Balaban J connectivity index is 2.39. The van der Waals surface area contributed by atoms with Gasteiger partial charge in [0, 0.05) is 17.5 Å². The third-order valence-electron chi connectivity index (χ3n) is 1.36. The number of carbonyl (C=O) groups excluding carboxylic acids is 1. The van der Waals surface area contributed by atoms with E-state index in [1.54, 1.807) is 23.5 Å². The lowest BCUT2D eigenvalue weighted by Crippen LogP contribution is -2.20. The maximum atomic E-state index is 11.1. The molecule has 1 aromatic heterocycles. The highest BCUT2D eigenvalue weighted by Gasteiger charge is 1.91. The van der Waals surface area contributed by atoms with E-state index in [2.05, 4.69) is 11.9 Å². The van der Waals surface area contributed by atoms with Crippen molar-refractivity contribution in [3.63, 3.8) is 0 Å². The second-order valence-corrected chi connectivity index (χ2v) is 3.36. The number of amides is 1. The molecule has 0 radical (unpaired) electrons. The van der Waals surface area contributed by atoms with Crippen LogP contribution >= 0.6 is 11.3 Å². The second-order valence-electron chi connectivity index (χ2n) is 2.38. The van der Waals surface area contributed by atoms with Gasteiger partial charge in [-0.15, -0.1) is 17.9 Å². The van der Waals surface area contributed by atoms with Gasteiger partial charge in [0.2, 0.25) is 5.91 Å². The molecular formula is C10H11NOS. The van der Waals surface area contributed by atoms with Crippen molar-refractivity contribution in [3.05, 3.63) is 41.1 Å². The predicted molar refractivity (Wildman–Crippen MR) is 56.6 cm³/mol. The first-order valence-corrected chi connectivity index (χ1v) is 4.81. The number of nitrogens with one attached hydrogen (secondary N) is 1. The van der Waals surface area contributed by atoms with Crippen LogP contribution in [-0.4, -0.2) is 12.5 Å². The van der Waals surface area contributed by atoms with Gasteiger partial charge in [-0.05, 0) is 17.5 Å². The first-order chi connectivity index (χ1) is 6.33. The molecule has 1 N–H and O–H groups in total. The molecule has 1 heterocycles. The zero-order valence-electron chi connectivity index (χ0n) is 7.19. The molecule has 0 atom stereocenters. The minimum Gasteiger partial charge on any atom is -0.349 e. The standard InChI is InChI=1S/C10H11NOS/c1-2-7-11-10(12)6-5-9-4-3-8-13-9/h2-6,8H,1,7H2,(H,11,12)/b6-5+. The maximum absolute atomic E-state index is 11.1. The van der Waals surface area contributed by atoms with E-state index in [0.717, 1.165) is 4.88 Å². The molecule has 0 aromatic carbocycles. The summed E-state index contributed by atoms with van der Waals surface area (Å²) in [6.07, 6.45) is 4.97. The summed E-state index contributed by atoms with van der Waals surface area (Å²) in [5, 5.41) is 4.63. The lowest BCUT2D eigenvalue weighted by atomic mass is 10.4. The summed E-state index contributed by atoms with van der Waals surface area (Å²) in [7, 11) is 0. The fourth-order valence-electron chi connectivity index (χ4n) is 0.776. The van der Waals surface area contributed by atoms with Crippen LogP contribution in [0.15, 0.2) is 36.2 Å². The quantitative estimate of drug-likeness (QED) is 0.575. The van der Waals surface area contributed by atoms with Gasteiger partial charge >= 0.3 is 0 Å². The summed E-state index contributed by atoms with van der Waals surface area (Å²) in [6, 6.07) is 3.91. The van der Waals surface area contributed by atoms with Crippen molar-refractivity contribution < 1.29 is 4.79 Å². The molecule has 1 aromatic rings. The monoisotopic (exact) mass is 193 g/mol. The van der Waals surface area contributed by atoms with Crippen molar-refractivity contribution in [2.24, 2.45) is 0 Å². The third kappa shape index (κ3) is 3.71. The van der Waals surface area contributed by atoms with Crippen molar-refractivity contribution >= 4 is 23.3 Å². The van der Waals surface area contributed by atoms with Gasteiger partial charge in [-0.2, -0.15) is 0 Å². The molecule has 0 aliphatic heterocycles. The molecule has 3 heteroatoms. The van der Waals surface area contributed by atoms with Gasteiger partial charge in [-0.3, -0.25) is 4.79 Å². The Morgan fingerprint density at radius 1 is 1.69 bits per heavy atom. The van der Waals surface area contributed by atoms with E-state index in [0.29, 0.717) is 6.54 Å². The van der Waals surface area contributed by atoms with Crippen molar-refractivity contribution in [1.82, 2.24) is 5.32 Å². The van der Waals surface area contributed by atoms with E-state index in [4.69, 9.17) is 0 Å². The molecule has 0 saturated carbocycles. The zero-order chi connectivity index (χ0) is 9.52. The van der Waals surface area contributed by atoms with Crippen LogP contribution in [0.2, 0.25) is 0 Å². The van der Waals surface area contributed by atoms with Gasteiger partial charge < -0.3 is 5.32 Å². The van der Waals surface area contributed by atoms with Gasteiger partial charge in [-0.1, -0.05) is 12.1 Å². The molecule has 0 fully saturated rings. The summed E-state index contributed by atoms with van der Waals surface area (Å²) >= 11 is 1.60. The lowest BCUT2D eigenvalue weighted by molar-refractivity contribution is -0.116. The second kappa shape index (κ2) is 5.32. The van der Waals surface area contributed by atoms with E-state index in [1.165, 1.54) is 6.08 Å². The Morgan fingerprint density at radius 3 is 3.15 bits per heavy atom. The zero-order valence-corrected chi connectivity index (χ0v) is 8.01. The fraction of sp³-hybridized carbons (Fsp3) is 0.100. The Morgan fingerprint density at radius 2 is 2.54 bits per heavy atom. The molecular weight excluding hydrogens is 182 g/mol. The molecule has 0 bridgehead atoms. The average Bonchev–Trinajstić information content (AvgIpc) is 2.64. The van der Waals surface area contributed by atoms with E-state index >= 15 is 0 Å². The molecule has 0 unspecified atom stereocenters. The fourth-order valence-corrected chi connectivity index (χ4v) is 1.39. The van der Waals surface area contributed by atoms with Crippen LogP contribution in [0, 0.1) is 0 Å². The smallest absolute Gasteiger partial charge is 0.244 e. The van der Waals surface area contributed by atoms with Crippen LogP contribution in [-0.2, 0) is 4.79 Å². The van der Waals surface area contributed by atoms with Crippen molar-refractivity contribution in [2.75, 3.05) is 6.54 Å². The van der Waals surface area contributed by atoms with Crippen LogP contribution in [0.1, 0.15) is 4.88 Å². The molecule has 0 aliphatic rings. The summed E-state index contributed by atoms with van der Waals surface area (Å²) in [4.78, 5) is 12.1. The number of hydrogen-bond donors (Lipinski definition) is 1. The third-order valence-corrected chi connectivity index (χ3v) is 2.20. The van der Waals surface area contributed by atoms with Crippen molar-refractivity contribution in [2.45, 2.75) is 0 Å². The summed E-state index contributed by atoms with van der Waals surface area (Å²) < 4.78 is 0. The van der Waals surface area contributed by atoms with Gasteiger partial charge in [0.15, 0.2) is 0 Å². The maximum Gasteiger partial charge on any atom is 0.244 e. The van der Waals surface area contributed by atoms with E-state index in [1.807, 2.05) is 17.5 Å². The minimum absolute atomic E-state index is 0.0895. The van der Waals surface area contributed by atoms with Gasteiger partial charge in [-0.25, -0.2) is 0 Å². The normalized spacial score (nSPS) is 10.2. The molecule has 0 spiro atoms.